The van der Waals surface area contributed by atoms with Crippen LogP contribution in [0, 0.1) is 0 Å². The van der Waals surface area contributed by atoms with Crippen LogP contribution in [0.4, 0.5) is 0 Å². The first kappa shape index (κ1) is 15.4. The van der Waals surface area contributed by atoms with Crippen molar-refractivity contribution in [2.75, 3.05) is 33.5 Å². The van der Waals surface area contributed by atoms with E-state index in [1.807, 2.05) is 18.2 Å². The predicted octanol–water partition coefficient (Wildman–Crippen LogP) is 2.13. The molecular weight excluding hydrogens is 318 g/mol. The normalized spacial score (nSPS) is 10.3. The molecule has 0 spiro atoms. The lowest BCUT2D eigenvalue weighted by Gasteiger charge is -2.11. The van der Waals surface area contributed by atoms with Gasteiger partial charge in [-0.25, -0.2) is 0 Å². The maximum absolute atomic E-state index is 5.64. The van der Waals surface area contributed by atoms with E-state index in [4.69, 9.17) is 32.2 Å². The Labute approximate surface area is 121 Å². The van der Waals surface area contributed by atoms with E-state index in [1.54, 1.807) is 7.11 Å². The molecule has 1 rings (SSSR count). The molecule has 0 amide bonds. The van der Waals surface area contributed by atoms with Gasteiger partial charge in [0, 0.05) is 11.6 Å². The largest absolute Gasteiger partial charge is 0.490 e. The summed E-state index contributed by atoms with van der Waals surface area (Å²) < 4.78 is 16.7. The van der Waals surface area contributed by atoms with Crippen LogP contribution < -0.4 is 10.5 Å². The van der Waals surface area contributed by atoms with Gasteiger partial charge in [-0.3, -0.25) is 0 Å². The fraction of sp³-hybridized carbons (Fsp3) is 0.417. The molecule has 0 unspecified atom stereocenters. The van der Waals surface area contributed by atoms with Gasteiger partial charge in [-0.05, 0) is 18.2 Å². The van der Waals surface area contributed by atoms with Gasteiger partial charge in [0.05, 0.1) is 25.4 Å². The smallest absolute Gasteiger partial charge is 0.129 e. The van der Waals surface area contributed by atoms with Gasteiger partial charge in [0.25, 0.3) is 0 Å². The van der Waals surface area contributed by atoms with Gasteiger partial charge in [-0.1, -0.05) is 28.1 Å². The third-order valence-electron chi connectivity index (χ3n) is 2.12. The number of ether oxygens (including phenoxy) is 3. The summed E-state index contributed by atoms with van der Waals surface area (Å²) in [5.41, 5.74) is 6.36. The summed E-state index contributed by atoms with van der Waals surface area (Å²) in [6, 6.07) is 5.54. The van der Waals surface area contributed by atoms with Crippen LogP contribution in [0.1, 0.15) is 5.56 Å². The molecule has 1 aromatic rings. The molecule has 0 saturated heterocycles. The van der Waals surface area contributed by atoms with Crippen LogP contribution in [0.25, 0.3) is 0 Å². The highest BCUT2D eigenvalue weighted by Crippen LogP contribution is 2.23. The number of benzene rings is 1. The number of methoxy groups -OCH3 is 1. The lowest BCUT2D eigenvalue weighted by molar-refractivity contribution is 0.0544. The van der Waals surface area contributed by atoms with Gasteiger partial charge < -0.3 is 19.9 Å². The number of rotatable bonds is 8. The van der Waals surface area contributed by atoms with Gasteiger partial charge >= 0.3 is 0 Å². The molecule has 0 bridgehead atoms. The summed E-state index contributed by atoms with van der Waals surface area (Å²) in [6.07, 6.45) is 0. The van der Waals surface area contributed by atoms with E-state index in [0.29, 0.717) is 37.2 Å². The Kier molecular flexibility index (Phi) is 7.19. The van der Waals surface area contributed by atoms with Crippen molar-refractivity contribution in [1.82, 2.24) is 0 Å². The fourth-order valence-electron chi connectivity index (χ4n) is 1.28. The summed E-state index contributed by atoms with van der Waals surface area (Å²) in [7, 11) is 1.64. The van der Waals surface area contributed by atoms with Crippen molar-refractivity contribution in [3.63, 3.8) is 0 Å². The minimum Gasteiger partial charge on any atom is -0.490 e. The number of hydrogen-bond acceptors (Lipinski definition) is 4. The first-order valence-corrected chi connectivity index (χ1v) is 6.64. The van der Waals surface area contributed by atoms with E-state index in [9.17, 15) is 0 Å². The second kappa shape index (κ2) is 8.42. The molecule has 0 aliphatic heterocycles. The second-order valence-electron chi connectivity index (χ2n) is 3.46. The Morgan fingerprint density at radius 1 is 1.28 bits per heavy atom. The molecule has 0 saturated carbocycles. The van der Waals surface area contributed by atoms with E-state index < -0.39 is 0 Å². The van der Waals surface area contributed by atoms with Crippen LogP contribution in [-0.2, 0) is 9.47 Å². The predicted molar refractivity (Wildman–Crippen MR) is 78.2 cm³/mol. The highest BCUT2D eigenvalue weighted by Gasteiger charge is 2.07. The second-order valence-corrected chi connectivity index (χ2v) is 4.81. The molecular formula is C12H16BrNO3S. The molecule has 0 fully saturated rings. The van der Waals surface area contributed by atoms with Gasteiger partial charge in [0.2, 0.25) is 0 Å². The van der Waals surface area contributed by atoms with Gasteiger partial charge in [-0.15, -0.1) is 0 Å². The highest BCUT2D eigenvalue weighted by molar-refractivity contribution is 9.10. The molecule has 2 N–H and O–H groups in total. The van der Waals surface area contributed by atoms with E-state index >= 15 is 0 Å². The molecule has 0 atom stereocenters. The quantitative estimate of drug-likeness (QED) is 0.583. The van der Waals surface area contributed by atoms with E-state index in [-0.39, 0.29) is 0 Å². The Morgan fingerprint density at radius 3 is 2.67 bits per heavy atom. The molecule has 0 heterocycles. The van der Waals surface area contributed by atoms with E-state index in [2.05, 4.69) is 15.9 Å². The van der Waals surface area contributed by atoms with Crippen LogP contribution in [0.2, 0.25) is 0 Å². The zero-order valence-electron chi connectivity index (χ0n) is 10.1. The number of hydrogen-bond donors (Lipinski definition) is 1. The minimum atomic E-state index is 0.312. The Hall–Kier alpha value is -0.690. The van der Waals surface area contributed by atoms with Crippen molar-refractivity contribution in [2.45, 2.75) is 0 Å². The van der Waals surface area contributed by atoms with Gasteiger partial charge in [0.1, 0.15) is 17.3 Å². The first-order chi connectivity index (χ1) is 8.65. The Bertz CT molecular complexity index is 401. The van der Waals surface area contributed by atoms with Crippen LogP contribution in [0.5, 0.6) is 5.75 Å². The van der Waals surface area contributed by atoms with Crippen LogP contribution >= 0.6 is 28.1 Å². The van der Waals surface area contributed by atoms with Crippen molar-refractivity contribution in [3.8, 4) is 5.75 Å². The maximum Gasteiger partial charge on any atom is 0.129 e. The number of nitrogens with two attached hydrogens (primary N) is 1. The first-order valence-electron chi connectivity index (χ1n) is 5.44. The zero-order chi connectivity index (χ0) is 13.4. The molecule has 0 radical (unpaired) electrons. The third kappa shape index (κ3) is 5.30. The molecule has 100 valence electrons. The van der Waals surface area contributed by atoms with E-state index in [1.165, 1.54) is 0 Å². The van der Waals surface area contributed by atoms with Gasteiger partial charge in [-0.2, -0.15) is 0 Å². The lowest BCUT2D eigenvalue weighted by Crippen LogP contribution is -2.14. The molecule has 1 aromatic carbocycles. The topological polar surface area (TPSA) is 53.7 Å². The lowest BCUT2D eigenvalue weighted by atomic mass is 10.2. The van der Waals surface area contributed by atoms with Crippen molar-refractivity contribution in [2.24, 2.45) is 5.73 Å². The van der Waals surface area contributed by atoms with Crippen molar-refractivity contribution < 1.29 is 14.2 Å². The van der Waals surface area contributed by atoms with Crippen molar-refractivity contribution >= 4 is 33.1 Å². The van der Waals surface area contributed by atoms with Crippen LogP contribution in [0.3, 0.4) is 0 Å². The Balaban J connectivity index is 2.44. The van der Waals surface area contributed by atoms with Gasteiger partial charge in [0.15, 0.2) is 0 Å². The molecule has 18 heavy (non-hydrogen) atoms. The number of halogens is 1. The molecule has 0 aliphatic carbocycles. The summed E-state index contributed by atoms with van der Waals surface area (Å²) in [4.78, 5) is 0.312. The third-order valence-corrected chi connectivity index (χ3v) is 2.84. The van der Waals surface area contributed by atoms with E-state index in [0.717, 1.165) is 10.0 Å². The standard InChI is InChI=1S/C12H16BrNO3S/c1-15-4-5-16-6-7-17-11-3-2-9(13)8-10(11)12(14)18/h2-3,8H,4-7H2,1H3,(H2,14,18). The zero-order valence-corrected chi connectivity index (χ0v) is 12.6. The monoisotopic (exact) mass is 333 g/mol. The highest BCUT2D eigenvalue weighted by atomic mass is 79.9. The van der Waals surface area contributed by atoms with Crippen molar-refractivity contribution in [3.05, 3.63) is 28.2 Å². The minimum absolute atomic E-state index is 0.312. The summed E-state index contributed by atoms with van der Waals surface area (Å²) in [6.45, 7) is 2.08. The Morgan fingerprint density at radius 2 is 2.00 bits per heavy atom. The molecule has 4 nitrogen and oxygen atoms in total. The summed E-state index contributed by atoms with van der Waals surface area (Å²) in [5.74, 6) is 0.668. The summed E-state index contributed by atoms with van der Waals surface area (Å²) in [5, 5.41) is 0. The van der Waals surface area contributed by atoms with Crippen molar-refractivity contribution in [1.29, 1.82) is 0 Å². The SMILES string of the molecule is COCCOCCOc1ccc(Br)cc1C(N)=S. The number of thiocarbonyl (C=S) groups is 1. The van der Waals surface area contributed by atoms with Crippen LogP contribution in [-0.4, -0.2) is 38.5 Å². The maximum atomic E-state index is 5.64. The molecule has 0 aromatic heterocycles. The molecule has 6 heteroatoms. The van der Waals surface area contributed by atoms with Crippen LogP contribution in [0.15, 0.2) is 22.7 Å². The fourth-order valence-corrected chi connectivity index (χ4v) is 1.80. The average molecular weight is 334 g/mol. The summed E-state index contributed by atoms with van der Waals surface area (Å²) >= 11 is 8.34. The average Bonchev–Trinajstić information content (AvgIpc) is 2.35. The molecule has 0 aliphatic rings.